The topological polar surface area (TPSA) is 23.5 Å². The third-order valence-electron chi connectivity index (χ3n) is 6.31. The average Bonchev–Trinajstić information content (AvgIpc) is 3.33. The molecule has 1 heterocycles. The van der Waals surface area contributed by atoms with Crippen LogP contribution in [0.3, 0.4) is 0 Å². The van der Waals surface area contributed by atoms with Crippen LogP contribution in [0.5, 0.6) is 5.75 Å². The Hall–Kier alpha value is -0.930. The van der Waals surface area contributed by atoms with Crippen molar-refractivity contribution in [1.29, 1.82) is 0 Å². The van der Waals surface area contributed by atoms with Crippen LogP contribution in [0.1, 0.15) is 44.7 Å². The Morgan fingerprint density at radius 1 is 1.11 bits per heavy atom. The summed E-state index contributed by atoms with van der Waals surface area (Å²) in [4.78, 5) is 2.55. The largest absolute Gasteiger partial charge is 0.506 e. The highest BCUT2D eigenvalue weighted by molar-refractivity contribution is 6.42. The zero-order valence-corrected chi connectivity index (χ0v) is 19.0. The van der Waals surface area contributed by atoms with E-state index >= 15 is 0 Å². The van der Waals surface area contributed by atoms with E-state index in [4.69, 9.17) is 34.8 Å². The van der Waals surface area contributed by atoms with Gasteiger partial charge in [0.15, 0.2) is 0 Å². The van der Waals surface area contributed by atoms with E-state index in [1.165, 1.54) is 24.9 Å². The van der Waals surface area contributed by atoms with Gasteiger partial charge in [-0.15, -0.1) is 0 Å². The summed E-state index contributed by atoms with van der Waals surface area (Å²) in [6, 6.07) is 12.0. The monoisotopic (exact) mass is 439 g/mol. The molecule has 3 unspecified atom stereocenters. The van der Waals surface area contributed by atoms with Crippen molar-refractivity contribution in [2.24, 2.45) is 11.3 Å². The Morgan fingerprint density at radius 3 is 2.36 bits per heavy atom. The molecule has 1 saturated heterocycles. The normalized spacial score (nSPS) is 25.8. The minimum absolute atomic E-state index is 0.170. The predicted octanol–water partition coefficient (Wildman–Crippen LogP) is 7.22. The third-order valence-corrected chi connectivity index (χ3v) is 7.47. The van der Waals surface area contributed by atoms with Gasteiger partial charge in [0.1, 0.15) is 5.75 Å². The molecule has 1 N–H and O–H groups in total. The van der Waals surface area contributed by atoms with Crippen LogP contribution in [-0.4, -0.2) is 22.6 Å². The van der Waals surface area contributed by atoms with Gasteiger partial charge in [0.25, 0.3) is 0 Å². The molecule has 2 aliphatic rings. The molecule has 1 saturated carbocycles. The van der Waals surface area contributed by atoms with Crippen LogP contribution < -0.4 is 0 Å². The number of benzene rings is 2. The van der Waals surface area contributed by atoms with Gasteiger partial charge in [-0.3, -0.25) is 4.90 Å². The van der Waals surface area contributed by atoms with Gasteiger partial charge < -0.3 is 5.11 Å². The second kappa shape index (κ2) is 8.83. The molecule has 4 rings (SSSR count). The minimum atomic E-state index is 0.170. The van der Waals surface area contributed by atoms with Gasteiger partial charge >= 0.3 is 0 Å². The molecule has 0 radical (unpaired) electrons. The summed E-state index contributed by atoms with van der Waals surface area (Å²) in [5, 5.41) is 11.2. The highest BCUT2D eigenvalue weighted by Crippen LogP contribution is 2.63. The van der Waals surface area contributed by atoms with Crippen LogP contribution in [0.15, 0.2) is 36.4 Å². The summed E-state index contributed by atoms with van der Waals surface area (Å²) in [6.07, 6.45) is 3.56. The molecule has 2 aromatic carbocycles. The van der Waals surface area contributed by atoms with E-state index in [0.29, 0.717) is 20.5 Å². The van der Waals surface area contributed by atoms with E-state index in [0.717, 1.165) is 30.5 Å². The molecule has 28 heavy (non-hydrogen) atoms. The fourth-order valence-electron chi connectivity index (χ4n) is 4.58. The molecule has 1 spiro atoms. The SMILES string of the molecule is CCC1N(Cc2ccc(O)c(Cl)c2)CC12CC2C.CCc1cccc(Cl)c1Cl. The average molecular weight is 441 g/mol. The predicted molar refractivity (Wildman–Crippen MR) is 120 cm³/mol. The Morgan fingerprint density at radius 2 is 1.82 bits per heavy atom. The second-order valence-electron chi connectivity index (χ2n) is 8.02. The van der Waals surface area contributed by atoms with Gasteiger partial charge in [0.2, 0.25) is 0 Å². The maximum Gasteiger partial charge on any atom is 0.134 e. The van der Waals surface area contributed by atoms with E-state index in [9.17, 15) is 5.11 Å². The molecule has 2 nitrogen and oxygen atoms in total. The van der Waals surface area contributed by atoms with Gasteiger partial charge in [-0.25, -0.2) is 0 Å². The molecular weight excluding hydrogens is 413 g/mol. The van der Waals surface area contributed by atoms with Crippen molar-refractivity contribution in [1.82, 2.24) is 4.90 Å². The van der Waals surface area contributed by atoms with Gasteiger partial charge in [-0.05, 0) is 54.5 Å². The molecule has 0 amide bonds. The van der Waals surface area contributed by atoms with Crippen molar-refractivity contribution < 1.29 is 5.11 Å². The lowest BCUT2D eigenvalue weighted by Crippen LogP contribution is -2.57. The van der Waals surface area contributed by atoms with E-state index in [2.05, 4.69) is 25.7 Å². The first-order chi connectivity index (χ1) is 13.3. The number of aryl methyl sites for hydroxylation is 1. The number of aromatic hydroxyl groups is 1. The van der Waals surface area contributed by atoms with E-state index < -0.39 is 0 Å². The molecule has 3 atom stereocenters. The third kappa shape index (κ3) is 4.31. The second-order valence-corrected chi connectivity index (χ2v) is 9.21. The fourth-order valence-corrected chi connectivity index (χ4v) is 5.23. The maximum absolute atomic E-state index is 9.43. The smallest absolute Gasteiger partial charge is 0.134 e. The molecule has 2 fully saturated rings. The number of rotatable bonds is 4. The first-order valence-electron chi connectivity index (χ1n) is 9.96. The Labute approximate surface area is 183 Å². The highest BCUT2D eigenvalue weighted by atomic mass is 35.5. The molecule has 1 aliphatic carbocycles. The molecular formula is C23H28Cl3NO. The van der Waals surface area contributed by atoms with Gasteiger partial charge in [-0.2, -0.15) is 0 Å². The summed E-state index contributed by atoms with van der Waals surface area (Å²) in [7, 11) is 0. The number of likely N-dealkylation sites (tertiary alicyclic amines) is 1. The zero-order chi connectivity index (χ0) is 20.5. The van der Waals surface area contributed by atoms with E-state index in [-0.39, 0.29) is 5.75 Å². The van der Waals surface area contributed by atoms with Crippen molar-refractivity contribution in [3.05, 3.63) is 62.6 Å². The minimum Gasteiger partial charge on any atom is -0.506 e. The summed E-state index contributed by atoms with van der Waals surface area (Å²) in [5.74, 6) is 1.07. The van der Waals surface area contributed by atoms with Crippen LogP contribution in [0, 0.1) is 11.3 Å². The van der Waals surface area contributed by atoms with Crippen LogP contribution in [0.25, 0.3) is 0 Å². The van der Waals surface area contributed by atoms with Gasteiger partial charge in [-0.1, -0.05) is 73.8 Å². The lowest BCUT2D eigenvalue weighted by atomic mass is 9.81. The summed E-state index contributed by atoms with van der Waals surface area (Å²) in [6.45, 7) is 8.89. The molecule has 0 bridgehead atoms. The fraction of sp³-hybridized carbons (Fsp3) is 0.478. The number of phenolic OH excluding ortho intramolecular Hbond substituents is 1. The number of phenols is 1. The standard InChI is InChI=1S/C15H20ClNO.C8H8Cl2/c1-3-14-15(7-10(15)2)9-17(14)8-11-4-5-13(18)12(16)6-11;1-2-6-4-3-5-7(9)8(6)10/h4-6,10,14,18H,3,7-9H2,1-2H3;3-5H,2H2,1H3. The molecule has 0 aromatic heterocycles. The molecule has 5 heteroatoms. The number of hydrogen-bond donors (Lipinski definition) is 1. The molecule has 2 aromatic rings. The van der Waals surface area contributed by atoms with Crippen LogP contribution in [0.2, 0.25) is 15.1 Å². The zero-order valence-electron chi connectivity index (χ0n) is 16.7. The number of nitrogens with zero attached hydrogens (tertiary/aromatic N) is 1. The quantitative estimate of drug-likeness (QED) is 0.542. The van der Waals surface area contributed by atoms with Crippen LogP contribution >= 0.6 is 34.8 Å². The molecule has 1 aliphatic heterocycles. The number of hydrogen-bond acceptors (Lipinski definition) is 2. The van der Waals surface area contributed by atoms with Crippen molar-refractivity contribution in [3.63, 3.8) is 0 Å². The lowest BCUT2D eigenvalue weighted by molar-refractivity contribution is -0.0227. The van der Waals surface area contributed by atoms with E-state index in [1.807, 2.05) is 24.3 Å². The Kier molecular flexibility index (Phi) is 6.87. The van der Waals surface area contributed by atoms with Crippen molar-refractivity contribution in [3.8, 4) is 5.75 Å². The van der Waals surface area contributed by atoms with E-state index in [1.54, 1.807) is 12.1 Å². The van der Waals surface area contributed by atoms with Crippen LogP contribution in [0.4, 0.5) is 0 Å². The Balaban J connectivity index is 0.000000192. The van der Waals surface area contributed by atoms with Gasteiger partial charge in [0, 0.05) is 24.5 Å². The first-order valence-corrected chi connectivity index (χ1v) is 11.1. The summed E-state index contributed by atoms with van der Waals surface area (Å²) >= 11 is 17.6. The number of halogens is 3. The van der Waals surface area contributed by atoms with Crippen molar-refractivity contribution >= 4 is 34.8 Å². The lowest BCUT2D eigenvalue weighted by Gasteiger charge is -2.50. The maximum atomic E-state index is 9.43. The van der Waals surface area contributed by atoms with Crippen molar-refractivity contribution in [2.45, 2.75) is 52.6 Å². The highest BCUT2D eigenvalue weighted by Gasteiger charge is 2.64. The summed E-state index contributed by atoms with van der Waals surface area (Å²) < 4.78 is 0. The summed E-state index contributed by atoms with van der Waals surface area (Å²) in [5.41, 5.74) is 2.93. The van der Waals surface area contributed by atoms with Crippen LogP contribution in [-0.2, 0) is 13.0 Å². The van der Waals surface area contributed by atoms with Gasteiger partial charge in [0.05, 0.1) is 15.1 Å². The first kappa shape index (κ1) is 21.8. The Bertz CT molecular complexity index is 841. The van der Waals surface area contributed by atoms with Crippen molar-refractivity contribution in [2.75, 3.05) is 6.54 Å². The molecule has 152 valence electrons.